The second-order valence-electron chi connectivity index (χ2n) is 4.77. The Bertz CT molecular complexity index is 541. The molecule has 0 amide bonds. The second-order valence-corrected chi connectivity index (χ2v) is 5.57. The van der Waals surface area contributed by atoms with Gasteiger partial charge in [0.1, 0.15) is 5.75 Å². The molecule has 0 fully saturated rings. The van der Waals surface area contributed by atoms with E-state index in [0.29, 0.717) is 0 Å². The van der Waals surface area contributed by atoms with E-state index in [0.717, 1.165) is 29.6 Å². The highest BCUT2D eigenvalue weighted by atomic mass is 79.9. The molecule has 19 heavy (non-hydrogen) atoms. The van der Waals surface area contributed by atoms with Crippen molar-refractivity contribution in [2.75, 3.05) is 13.6 Å². The third kappa shape index (κ3) is 3.71. The third-order valence-corrected chi connectivity index (χ3v) is 4.01. The number of ether oxygens (including phenoxy) is 1. The van der Waals surface area contributed by atoms with Gasteiger partial charge in [-0.25, -0.2) is 0 Å². The molecule has 2 rings (SSSR count). The summed E-state index contributed by atoms with van der Waals surface area (Å²) >= 11 is 3.65. The van der Waals surface area contributed by atoms with Crippen molar-refractivity contribution in [2.24, 2.45) is 0 Å². The minimum absolute atomic E-state index is 0.228. The quantitative estimate of drug-likeness (QED) is 0.798. The van der Waals surface area contributed by atoms with Gasteiger partial charge in [0.25, 0.3) is 0 Å². The van der Waals surface area contributed by atoms with Crippen molar-refractivity contribution < 1.29 is 4.74 Å². The van der Waals surface area contributed by atoms with Crippen LogP contribution in [0.1, 0.15) is 19.8 Å². The molecule has 0 aromatic heterocycles. The van der Waals surface area contributed by atoms with E-state index < -0.39 is 0 Å². The van der Waals surface area contributed by atoms with E-state index in [-0.39, 0.29) is 6.10 Å². The summed E-state index contributed by atoms with van der Waals surface area (Å²) < 4.78 is 7.07. The number of fused-ring (bicyclic) bond motifs is 1. The molecule has 0 saturated heterocycles. The van der Waals surface area contributed by atoms with Gasteiger partial charge in [0.2, 0.25) is 0 Å². The van der Waals surface area contributed by atoms with Crippen LogP contribution in [0.2, 0.25) is 0 Å². The Morgan fingerprint density at radius 3 is 2.79 bits per heavy atom. The molecule has 2 aromatic rings. The first-order chi connectivity index (χ1) is 9.22. The molecule has 0 saturated carbocycles. The smallest absolute Gasteiger partial charge is 0.134 e. The first-order valence-corrected chi connectivity index (χ1v) is 7.50. The zero-order valence-corrected chi connectivity index (χ0v) is 13.0. The molecule has 2 aromatic carbocycles. The van der Waals surface area contributed by atoms with E-state index in [4.69, 9.17) is 4.74 Å². The SMILES string of the molecule is CNCCCC(C)Oc1ccc2ccccc2c1Br. The Kier molecular flexibility index (Phi) is 5.23. The minimum Gasteiger partial charge on any atom is -0.490 e. The van der Waals surface area contributed by atoms with Crippen LogP contribution < -0.4 is 10.1 Å². The van der Waals surface area contributed by atoms with Gasteiger partial charge in [0.05, 0.1) is 10.6 Å². The molecule has 0 aliphatic heterocycles. The molecular weight excluding hydrogens is 302 g/mol. The van der Waals surface area contributed by atoms with E-state index in [9.17, 15) is 0 Å². The van der Waals surface area contributed by atoms with Crippen LogP contribution in [0.3, 0.4) is 0 Å². The molecule has 0 bridgehead atoms. The lowest BCUT2D eigenvalue weighted by molar-refractivity contribution is 0.207. The van der Waals surface area contributed by atoms with Crippen molar-refractivity contribution in [3.63, 3.8) is 0 Å². The maximum atomic E-state index is 6.03. The summed E-state index contributed by atoms with van der Waals surface area (Å²) in [6.45, 7) is 3.16. The standard InChI is InChI=1S/C16H20BrNO/c1-12(6-5-11-18-2)19-15-10-9-13-7-3-4-8-14(13)16(15)17/h3-4,7-10,12,18H,5-6,11H2,1-2H3. The fourth-order valence-corrected chi connectivity index (χ4v) is 2.73. The zero-order valence-electron chi connectivity index (χ0n) is 11.4. The van der Waals surface area contributed by atoms with Crippen molar-refractivity contribution in [1.29, 1.82) is 0 Å². The Balaban J connectivity index is 2.10. The summed E-state index contributed by atoms with van der Waals surface area (Å²) in [5.41, 5.74) is 0. The summed E-state index contributed by atoms with van der Waals surface area (Å²) in [5, 5.41) is 5.58. The molecule has 0 heterocycles. The Morgan fingerprint density at radius 2 is 2.00 bits per heavy atom. The van der Waals surface area contributed by atoms with Gasteiger partial charge in [-0.2, -0.15) is 0 Å². The molecule has 0 aliphatic rings. The van der Waals surface area contributed by atoms with Crippen molar-refractivity contribution in [1.82, 2.24) is 5.32 Å². The maximum absolute atomic E-state index is 6.03. The highest BCUT2D eigenvalue weighted by molar-refractivity contribution is 9.10. The number of halogens is 1. The molecule has 1 atom stereocenters. The monoisotopic (exact) mass is 321 g/mol. The second kappa shape index (κ2) is 6.92. The van der Waals surface area contributed by atoms with Gasteiger partial charge in [-0.15, -0.1) is 0 Å². The van der Waals surface area contributed by atoms with E-state index in [1.54, 1.807) is 0 Å². The van der Waals surface area contributed by atoms with E-state index in [1.807, 2.05) is 19.2 Å². The number of hydrogen-bond donors (Lipinski definition) is 1. The fraction of sp³-hybridized carbons (Fsp3) is 0.375. The summed E-state index contributed by atoms with van der Waals surface area (Å²) in [6, 6.07) is 12.5. The average molecular weight is 322 g/mol. The highest BCUT2D eigenvalue weighted by Gasteiger charge is 2.09. The van der Waals surface area contributed by atoms with Crippen LogP contribution >= 0.6 is 15.9 Å². The first kappa shape index (κ1) is 14.4. The predicted octanol–water partition coefficient (Wildman–Crippen LogP) is 4.37. The number of hydrogen-bond acceptors (Lipinski definition) is 2. The Hall–Kier alpha value is -1.06. The molecule has 1 unspecified atom stereocenters. The molecule has 3 heteroatoms. The summed E-state index contributed by atoms with van der Waals surface area (Å²) in [6.07, 6.45) is 2.41. The summed E-state index contributed by atoms with van der Waals surface area (Å²) in [7, 11) is 1.98. The molecule has 1 N–H and O–H groups in total. The van der Waals surface area contributed by atoms with Crippen molar-refractivity contribution >= 4 is 26.7 Å². The maximum Gasteiger partial charge on any atom is 0.134 e. The van der Waals surface area contributed by atoms with Gasteiger partial charge in [0, 0.05) is 0 Å². The van der Waals surface area contributed by atoms with Crippen LogP contribution in [-0.4, -0.2) is 19.7 Å². The van der Waals surface area contributed by atoms with Gasteiger partial charge in [0.15, 0.2) is 0 Å². The van der Waals surface area contributed by atoms with Gasteiger partial charge < -0.3 is 10.1 Å². The van der Waals surface area contributed by atoms with Crippen LogP contribution in [-0.2, 0) is 0 Å². The third-order valence-electron chi connectivity index (χ3n) is 3.19. The van der Waals surface area contributed by atoms with Gasteiger partial charge >= 0.3 is 0 Å². The van der Waals surface area contributed by atoms with E-state index >= 15 is 0 Å². The number of benzene rings is 2. The van der Waals surface area contributed by atoms with Crippen LogP contribution in [0.25, 0.3) is 10.8 Å². The largest absolute Gasteiger partial charge is 0.490 e. The molecule has 0 aliphatic carbocycles. The van der Waals surface area contributed by atoms with Crippen molar-refractivity contribution in [2.45, 2.75) is 25.9 Å². The van der Waals surface area contributed by atoms with Crippen molar-refractivity contribution in [3.05, 3.63) is 40.9 Å². The van der Waals surface area contributed by atoms with Crippen LogP contribution in [0.5, 0.6) is 5.75 Å². The molecule has 102 valence electrons. The van der Waals surface area contributed by atoms with E-state index in [1.165, 1.54) is 10.8 Å². The molecule has 2 nitrogen and oxygen atoms in total. The molecule has 0 radical (unpaired) electrons. The topological polar surface area (TPSA) is 21.3 Å². The number of nitrogens with one attached hydrogen (secondary N) is 1. The van der Waals surface area contributed by atoms with Crippen LogP contribution in [0.4, 0.5) is 0 Å². The van der Waals surface area contributed by atoms with Crippen LogP contribution in [0.15, 0.2) is 40.9 Å². The minimum atomic E-state index is 0.228. The zero-order chi connectivity index (χ0) is 13.7. The van der Waals surface area contributed by atoms with Gasteiger partial charge in [-0.3, -0.25) is 0 Å². The van der Waals surface area contributed by atoms with Crippen molar-refractivity contribution in [3.8, 4) is 5.75 Å². The first-order valence-electron chi connectivity index (χ1n) is 6.71. The summed E-state index contributed by atoms with van der Waals surface area (Å²) in [4.78, 5) is 0. The molecule has 0 spiro atoms. The fourth-order valence-electron chi connectivity index (χ4n) is 2.15. The highest BCUT2D eigenvalue weighted by Crippen LogP contribution is 2.33. The molecular formula is C16H20BrNO. The Labute approximate surface area is 123 Å². The average Bonchev–Trinajstić information content (AvgIpc) is 2.43. The lowest BCUT2D eigenvalue weighted by Gasteiger charge is -2.16. The van der Waals surface area contributed by atoms with Crippen LogP contribution in [0, 0.1) is 0 Å². The lowest BCUT2D eigenvalue weighted by atomic mass is 10.1. The van der Waals surface area contributed by atoms with E-state index in [2.05, 4.69) is 52.4 Å². The lowest BCUT2D eigenvalue weighted by Crippen LogP contribution is -2.15. The number of rotatable bonds is 6. The summed E-state index contributed by atoms with van der Waals surface area (Å²) in [5.74, 6) is 0.927. The predicted molar refractivity (Wildman–Crippen MR) is 84.9 cm³/mol. The van der Waals surface area contributed by atoms with Gasteiger partial charge in [-0.1, -0.05) is 30.3 Å². The van der Waals surface area contributed by atoms with Gasteiger partial charge in [-0.05, 0) is 66.1 Å². The Morgan fingerprint density at radius 1 is 1.21 bits per heavy atom. The normalized spacial score (nSPS) is 12.6.